The molecular formula is C6H10N4O2S. The van der Waals surface area contributed by atoms with Gasteiger partial charge in [-0.25, -0.2) is 5.14 Å². The van der Waals surface area contributed by atoms with Crippen LogP contribution in [0.3, 0.4) is 0 Å². The van der Waals surface area contributed by atoms with E-state index in [1.54, 1.807) is 6.20 Å². The van der Waals surface area contributed by atoms with Gasteiger partial charge in [0.15, 0.2) is 0 Å². The zero-order valence-electron chi connectivity index (χ0n) is 6.90. The van der Waals surface area contributed by atoms with E-state index in [0.717, 1.165) is 11.3 Å². The average Bonchev–Trinajstić information content (AvgIpc) is 2.47. The molecule has 0 amide bonds. The molecule has 0 aliphatic carbocycles. The van der Waals surface area contributed by atoms with Crippen LogP contribution >= 0.6 is 0 Å². The van der Waals surface area contributed by atoms with E-state index in [4.69, 9.17) is 5.14 Å². The molecule has 0 radical (unpaired) electrons. The highest BCUT2D eigenvalue weighted by Gasteiger charge is 2.24. The lowest BCUT2D eigenvalue weighted by atomic mass is 10.1. The molecule has 1 aliphatic rings. The van der Waals surface area contributed by atoms with Crippen LogP contribution in [0.2, 0.25) is 0 Å². The number of nitrogens with zero attached hydrogens (tertiary/aromatic N) is 2. The Morgan fingerprint density at radius 2 is 2.38 bits per heavy atom. The highest BCUT2D eigenvalue weighted by Crippen LogP contribution is 2.16. The molecule has 0 fully saturated rings. The topological polar surface area (TPSA) is 92.1 Å². The van der Waals surface area contributed by atoms with E-state index in [1.807, 2.05) is 0 Å². The van der Waals surface area contributed by atoms with Crippen molar-refractivity contribution in [2.45, 2.75) is 13.0 Å². The number of aromatic amines is 1. The zero-order chi connectivity index (χ0) is 9.47. The first kappa shape index (κ1) is 8.67. The van der Waals surface area contributed by atoms with Gasteiger partial charge in [0.2, 0.25) is 0 Å². The molecule has 1 aromatic rings. The number of nitrogens with one attached hydrogen (secondary N) is 1. The van der Waals surface area contributed by atoms with Crippen LogP contribution in [0.5, 0.6) is 0 Å². The first-order chi connectivity index (χ1) is 6.07. The summed E-state index contributed by atoms with van der Waals surface area (Å²) in [4.78, 5) is 0. The van der Waals surface area contributed by atoms with Crippen LogP contribution < -0.4 is 5.14 Å². The van der Waals surface area contributed by atoms with Gasteiger partial charge in [0.05, 0.1) is 18.4 Å². The van der Waals surface area contributed by atoms with E-state index in [2.05, 4.69) is 10.2 Å². The highest BCUT2D eigenvalue weighted by atomic mass is 32.2. The van der Waals surface area contributed by atoms with Gasteiger partial charge in [0.25, 0.3) is 10.2 Å². The summed E-state index contributed by atoms with van der Waals surface area (Å²) in [5.41, 5.74) is 1.90. The molecule has 1 aliphatic heterocycles. The number of hydrogen-bond acceptors (Lipinski definition) is 3. The van der Waals surface area contributed by atoms with Crippen molar-refractivity contribution in [1.29, 1.82) is 0 Å². The summed E-state index contributed by atoms with van der Waals surface area (Å²) in [7, 11) is -3.56. The molecular weight excluding hydrogens is 192 g/mol. The van der Waals surface area contributed by atoms with Gasteiger partial charge in [0.1, 0.15) is 0 Å². The van der Waals surface area contributed by atoms with Crippen molar-refractivity contribution in [2.24, 2.45) is 5.14 Å². The lowest BCUT2D eigenvalue weighted by molar-refractivity contribution is 0.388. The molecule has 0 bridgehead atoms. The van der Waals surface area contributed by atoms with Crippen LogP contribution in [0.25, 0.3) is 0 Å². The predicted molar refractivity (Wildman–Crippen MR) is 45.8 cm³/mol. The third kappa shape index (κ3) is 1.58. The van der Waals surface area contributed by atoms with Gasteiger partial charge in [-0.05, 0) is 12.0 Å². The lowest BCUT2D eigenvalue weighted by Gasteiger charge is -2.23. The van der Waals surface area contributed by atoms with Gasteiger partial charge < -0.3 is 0 Å². The summed E-state index contributed by atoms with van der Waals surface area (Å²) >= 11 is 0. The molecule has 0 atom stereocenters. The quantitative estimate of drug-likeness (QED) is 0.610. The Bertz CT molecular complexity index is 410. The Kier molecular flexibility index (Phi) is 1.86. The van der Waals surface area contributed by atoms with E-state index < -0.39 is 10.2 Å². The zero-order valence-corrected chi connectivity index (χ0v) is 7.71. The van der Waals surface area contributed by atoms with Crippen LogP contribution in [0.4, 0.5) is 0 Å². The minimum absolute atomic E-state index is 0.300. The van der Waals surface area contributed by atoms with Crippen molar-refractivity contribution in [2.75, 3.05) is 6.54 Å². The Balaban J connectivity index is 2.27. The molecule has 13 heavy (non-hydrogen) atoms. The molecule has 2 heterocycles. The van der Waals surface area contributed by atoms with Crippen molar-refractivity contribution < 1.29 is 8.42 Å². The summed E-state index contributed by atoms with van der Waals surface area (Å²) in [6, 6.07) is 0. The Labute approximate surface area is 75.9 Å². The maximum atomic E-state index is 11.0. The molecule has 0 spiro atoms. The fourth-order valence-electron chi connectivity index (χ4n) is 1.41. The highest BCUT2D eigenvalue weighted by molar-refractivity contribution is 7.86. The van der Waals surface area contributed by atoms with E-state index in [0.29, 0.717) is 19.5 Å². The van der Waals surface area contributed by atoms with Crippen molar-refractivity contribution in [1.82, 2.24) is 14.5 Å². The smallest absolute Gasteiger partial charge is 0.277 e. The fraction of sp³-hybridized carbons (Fsp3) is 0.500. The Hall–Kier alpha value is -0.920. The van der Waals surface area contributed by atoms with E-state index in [1.165, 1.54) is 4.31 Å². The monoisotopic (exact) mass is 202 g/mol. The lowest BCUT2D eigenvalue weighted by Crippen LogP contribution is -2.40. The minimum atomic E-state index is -3.56. The number of fused-ring (bicyclic) bond motifs is 1. The van der Waals surface area contributed by atoms with Crippen molar-refractivity contribution in [3.63, 3.8) is 0 Å². The minimum Gasteiger partial charge on any atom is -0.281 e. The van der Waals surface area contributed by atoms with Gasteiger partial charge in [-0.3, -0.25) is 5.10 Å². The van der Waals surface area contributed by atoms with Crippen molar-refractivity contribution in [3.05, 3.63) is 17.5 Å². The summed E-state index contributed by atoms with van der Waals surface area (Å²) in [6.07, 6.45) is 2.39. The normalized spacial score (nSPS) is 18.5. The molecule has 2 rings (SSSR count). The van der Waals surface area contributed by atoms with E-state index in [-0.39, 0.29) is 0 Å². The standard InChI is InChI=1S/C6H10N4O2S/c7-13(11,12)10-2-1-5-3-8-9-6(5)4-10/h3H,1-2,4H2,(H,8,9)(H2,7,11,12). The van der Waals surface area contributed by atoms with Gasteiger partial charge in [-0.1, -0.05) is 0 Å². The summed E-state index contributed by atoms with van der Waals surface area (Å²) < 4.78 is 23.2. The van der Waals surface area contributed by atoms with Crippen LogP contribution in [0.1, 0.15) is 11.3 Å². The second-order valence-corrected chi connectivity index (χ2v) is 4.55. The third-order valence-corrected chi connectivity index (χ3v) is 3.16. The van der Waals surface area contributed by atoms with Gasteiger partial charge >= 0.3 is 0 Å². The number of aromatic nitrogens is 2. The van der Waals surface area contributed by atoms with Crippen LogP contribution in [-0.4, -0.2) is 29.5 Å². The van der Waals surface area contributed by atoms with Crippen LogP contribution in [0.15, 0.2) is 6.20 Å². The average molecular weight is 202 g/mol. The third-order valence-electron chi connectivity index (χ3n) is 2.13. The second-order valence-electron chi connectivity index (χ2n) is 3.00. The van der Waals surface area contributed by atoms with E-state index >= 15 is 0 Å². The molecule has 0 unspecified atom stereocenters. The summed E-state index contributed by atoms with van der Waals surface area (Å²) in [6.45, 7) is 0.736. The maximum Gasteiger partial charge on any atom is 0.277 e. The second kappa shape index (κ2) is 2.79. The molecule has 6 nitrogen and oxygen atoms in total. The number of H-pyrrole nitrogens is 1. The molecule has 3 N–H and O–H groups in total. The van der Waals surface area contributed by atoms with Gasteiger partial charge in [-0.15, -0.1) is 0 Å². The van der Waals surface area contributed by atoms with Crippen LogP contribution in [0, 0.1) is 0 Å². The molecule has 0 saturated carbocycles. The number of rotatable bonds is 1. The largest absolute Gasteiger partial charge is 0.281 e. The SMILES string of the molecule is NS(=O)(=O)N1CCc2cn[nH]c2C1. The van der Waals surface area contributed by atoms with Gasteiger partial charge in [0, 0.05) is 6.54 Å². The summed E-state index contributed by atoms with van der Waals surface area (Å²) in [5, 5.41) is 11.6. The molecule has 1 aromatic heterocycles. The van der Waals surface area contributed by atoms with Gasteiger partial charge in [-0.2, -0.15) is 17.8 Å². The Morgan fingerprint density at radius 3 is 3.08 bits per heavy atom. The van der Waals surface area contributed by atoms with Crippen LogP contribution in [-0.2, 0) is 23.2 Å². The first-order valence-corrected chi connectivity index (χ1v) is 5.36. The predicted octanol–water partition coefficient (Wildman–Crippen LogP) is -1.03. The Morgan fingerprint density at radius 1 is 1.62 bits per heavy atom. The molecule has 0 saturated heterocycles. The molecule has 72 valence electrons. The number of hydrogen-bond donors (Lipinski definition) is 2. The number of nitrogens with two attached hydrogens (primary N) is 1. The first-order valence-electron chi connectivity index (χ1n) is 3.86. The van der Waals surface area contributed by atoms with Crippen molar-refractivity contribution in [3.8, 4) is 0 Å². The molecule has 7 heteroatoms. The fourth-order valence-corrected chi connectivity index (χ4v) is 2.06. The van der Waals surface area contributed by atoms with Crippen molar-refractivity contribution >= 4 is 10.2 Å². The van der Waals surface area contributed by atoms with E-state index in [9.17, 15) is 8.42 Å². The summed E-state index contributed by atoms with van der Waals surface area (Å²) in [5.74, 6) is 0. The molecule has 0 aromatic carbocycles. The maximum absolute atomic E-state index is 11.0.